The minimum atomic E-state index is -0.253. The Morgan fingerprint density at radius 1 is 1.14 bits per heavy atom. The number of hydrogen-bond acceptors (Lipinski definition) is 4. The van der Waals surface area contributed by atoms with Crippen LogP contribution in [0.3, 0.4) is 0 Å². The van der Waals surface area contributed by atoms with E-state index in [1.54, 1.807) is 53.6 Å². The minimum absolute atomic E-state index is 0.253. The molecule has 3 aromatic heterocycles. The van der Waals surface area contributed by atoms with Gasteiger partial charge in [-0.2, -0.15) is 5.10 Å². The quantitative estimate of drug-likeness (QED) is 0.742. The van der Waals surface area contributed by atoms with Crippen LogP contribution in [0, 0.1) is 0 Å². The van der Waals surface area contributed by atoms with Crippen LogP contribution in [0.5, 0.6) is 0 Å². The normalized spacial score (nSPS) is 10.3. The Kier molecular flexibility index (Phi) is 3.74. The molecule has 1 amide bonds. The van der Waals surface area contributed by atoms with Crippen LogP contribution in [-0.2, 0) is 0 Å². The summed E-state index contributed by atoms with van der Waals surface area (Å²) in [7, 11) is 0. The van der Waals surface area contributed by atoms with Gasteiger partial charge in [-0.25, -0.2) is 14.6 Å². The van der Waals surface area contributed by atoms with Gasteiger partial charge in [0.2, 0.25) is 0 Å². The maximum atomic E-state index is 12.2. The predicted octanol–water partition coefficient (Wildman–Crippen LogP) is 2.68. The van der Waals surface area contributed by atoms with Crippen LogP contribution in [0.25, 0.3) is 5.82 Å². The van der Waals surface area contributed by atoms with E-state index in [2.05, 4.69) is 36.3 Å². The molecule has 0 aliphatic heterocycles. The van der Waals surface area contributed by atoms with Crippen LogP contribution < -0.4 is 5.32 Å². The van der Waals surface area contributed by atoms with Gasteiger partial charge < -0.3 is 5.32 Å². The highest BCUT2D eigenvalue weighted by Crippen LogP contribution is 2.17. The number of carbonyl (C=O) groups is 1. The smallest absolute Gasteiger partial charge is 0.257 e. The Hall–Kier alpha value is -2.54. The molecule has 6 nitrogen and oxygen atoms in total. The van der Waals surface area contributed by atoms with Crippen LogP contribution in [0.1, 0.15) is 10.4 Å². The average Bonchev–Trinajstić information content (AvgIpc) is 3.02. The zero-order valence-corrected chi connectivity index (χ0v) is 12.4. The Balaban J connectivity index is 1.88. The molecule has 0 spiro atoms. The lowest BCUT2D eigenvalue weighted by atomic mass is 10.2. The fraction of sp³-hybridized carbons (Fsp3) is 0. The number of rotatable bonds is 3. The van der Waals surface area contributed by atoms with Crippen molar-refractivity contribution in [3.8, 4) is 5.82 Å². The van der Waals surface area contributed by atoms with Crippen molar-refractivity contribution in [1.29, 1.82) is 0 Å². The molecule has 0 aliphatic rings. The maximum Gasteiger partial charge on any atom is 0.257 e. The van der Waals surface area contributed by atoms with Crippen molar-refractivity contribution in [2.75, 3.05) is 5.32 Å². The van der Waals surface area contributed by atoms with Gasteiger partial charge in [-0.05, 0) is 46.3 Å². The summed E-state index contributed by atoms with van der Waals surface area (Å²) in [6.45, 7) is 0. The summed E-state index contributed by atoms with van der Waals surface area (Å²) in [5.41, 5.74) is 1.04. The van der Waals surface area contributed by atoms with E-state index in [0.29, 0.717) is 21.7 Å². The zero-order chi connectivity index (χ0) is 14.7. The summed E-state index contributed by atoms with van der Waals surface area (Å²) in [5.74, 6) is 0.303. The molecule has 0 radical (unpaired) electrons. The second kappa shape index (κ2) is 5.84. The SMILES string of the molecule is O=C(Nc1cccnc1-n1cccn1)c1ccc(Br)nc1. The Morgan fingerprint density at radius 2 is 2.05 bits per heavy atom. The minimum Gasteiger partial charge on any atom is -0.319 e. The molecule has 3 rings (SSSR count). The third kappa shape index (κ3) is 2.97. The fourth-order valence-corrected chi connectivity index (χ4v) is 2.01. The van der Waals surface area contributed by atoms with Crippen LogP contribution in [-0.4, -0.2) is 25.7 Å². The highest BCUT2D eigenvalue weighted by Gasteiger charge is 2.11. The summed E-state index contributed by atoms with van der Waals surface area (Å²) in [4.78, 5) is 20.5. The first-order valence-corrected chi connectivity index (χ1v) is 6.91. The topological polar surface area (TPSA) is 72.7 Å². The molecule has 0 bridgehead atoms. The van der Waals surface area contributed by atoms with E-state index in [1.165, 1.54) is 6.20 Å². The molecule has 0 saturated carbocycles. The number of halogens is 1. The molecule has 0 atom stereocenters. The van der Waals surface area contributed by atoms with Crippen molar-refractivity contribution in [2.45, 2.75) is 0 Å². The molecule has 0 unspecified atom stereocenters. The van der Waals surface area contributed by atoms with Gasteiger partial charge in [0.25, 0.3) is 5.91 Å². The van der Waals surface area contributed by atoms with Gasteiger partial charge in [0.05, 0.1) is 11.3 Å². The van der Waals surface area contributed by atoms with Gasteiger partial charge >= 0.3 is 0 Å². The molecule has 7 heteroatoms. The standard InChI is InChI=1S/C14H10BrN5O/c15-12-5-4-10(9-17-12)14(21)19-11-3-1-6-16-13(11)20-8-2-7-18-20/h1-9H,(H,19,21). The first-order valence-electron chi connectivity index (χ1n) is 6.12. The molecule has 3 aromatic rings. The molecule has 104 valence electrons. The van der Waals surface area contributed by atoms with Crippen molar-refractivity contribution in [3.63, 3.8) is 0 Å². The second-order valence-corrected chi connectivity index (χ2v) is 4.96. The molecule has 3 heterocycles. The van der Waals surface area contributed by atoms with Crippen LogP contribution in [0.15, 0.2) is 59.7 Å². The lowest BCUT2D eigenvalue weighted by Gasteiger charge is -2.09. The average molecular weight is 344 g/mol. The Bertz CT molecular complexity index is 755. The van der Waals surface area contributed by atoms with Crippen LogP contribution in [0.2, 0.25) is 0 Å². The van der Waals surface area contributed by atoms with Crippen molar-refractivity contribution in [2.24, 2.45) is 0 Å². The number of hydrogen-bond donors (Lipinski definition) is 1. The molecular formula is C14H10BrN5O. The number of nitrogens with one attached hydrogen (secondary N) is 1. The van der Waals surface area contributed by atoms with E-state index in [1.807, 2.05) is 0 Å². The van der Waals surface area contributed by atoms with Gasteiger partial charge in [-0.3, -0.25) is 4.79 Å². The summed E-state index contributed by atoms with van der Waals surface area (Å²) < 4.78 is 2.27. The lowest BCUT2D eigenvalue weighted by Crippen LogP contribution is -2.15. The third-order valence-electron chi connectivity index (χ3n) is 2.75. The van der Waals surface area contributed by atoms with Gasteiger partial charge in [-0.1, -0.05) is 0 Å². The number of nitrogens with zero attached hydrogens (tertiary/aromatic N) is 4. The number of anilines is 1. The molecule has 1 N–H and O–H groups in total. The van der Waals surface area contributed by atoms with Crippen LogP contribution >= 0.6 is 15.9 Å². The molecular weight excluding hydrogens is 334 g/mol. The van der Waals surface area contributed by atoms with E-state index >= 15 is 0 Å². The fourth-order valence-electron chi connectivity index (χ4n) is 1.78. The van der Waals surface area contributed by atoms with E-state index in [0.717, 1.165) is 0 Å². The number of carbonyl (C=O) groups excluding carboxylic acids is 1. The second-order valence-electron chi connectivity index (χ2n) is 4.15. The van der Waals surface area contributed by atoms with Gasteiger partial charge in [0.15, 0.2) is 5.82 Å². The summed E-state index contributed by atoms with van der Waals surface area (Å²) in [5, 5.41) is 6.94. The number of pyridine rings is 2. The lowest BCUT2D eigenvalue weighted by molar-refractivity contribution is 0.102. The Morgan fingerprint density at radius 3 is 2.76 bits per heavy atom. The van der Waals surface area contributed by atoms with Crippen molar-refractivity contribution >= 4 is 27.5 Å². The molecule has 0 saturated heterocycles. The monoisotopic (exact) mass is 343 g/mol. The molecule has 0 fully saturated rings. The van der Waals surface area contributed by atoms with Gasteiger partial charge in [-0.15, -0.1) is 0 Å². The summed E-state index contributed by atoms with van der Waals surface area (Å²) in [6.07, 6.45) is 6.56. The molecule has 0 aliphatic carbocycles. The zero-order valence-electron chi connectivity index (χ0n) is 10.8. The highest BCUT2D eigenvalue weighted by molar-refractivity contribution is 9.10. The summed E-state index contributed by atoms with van der Waals surface area (Å²) >= 11 is 3.23. The van der Waals surface area contributed by atoms with Crippen molar-refractivity contribution < 1.29 is 4.79 Å². The van der Waals surface area contributed by atoms with E-state index < -0.39 is 0 Å². The maximum absolute atomic E-state index is 12.2. The first kappa shape index (κ1) is 13.4. The van der Waals surface area contributed by atoms with Gasteiger partial charge in [0, 0.05) is 24.8 Å². The van der Waals surface area contributed by atoms with E-state index in [-0.39, 0.29) is 5.91 Å². The van der Waals surface area contributed by atoms with E-state index in [9.17, 15) is 4.79 Å². The van der Waals surface area contributed by atoms with Crippen molar-refractivity contribution in [1.82, 2.24) is 19.7 Å². The van der Waals surface area contributed by atoms with Crippen LogP contribution in [0.4, 0.5) is 5.69 Å². The predicted molar refractivity (Wildman–Crippen MR) is 81.2 cm³/mol. The third-order valence-corrected chi connectivity index (χ3v) is 3.21. The Labute approximate surface area is 129 Å². The van der Waals surface area contributed by atoms with Gasteiger partial charge in [0.1, 0.15) is 4.60 Å². The number of aromatic nitrogens is 4. The molecule has 21 heavy (non-hydrogen) atoms. The number of amides is 1. The van der Waals surface area contributed by atoms with E-state index in [4.69, 9.17) is 0 Å². The van der Waals surface area contributed by atoms with Crippen molar-refractivity contribution in [3.05, 3.63) is 65.3 Å². The molecule has 0 aromatic carbocycles. The summed E-state index contributed by atoms with van der Waals surface area (Å²) in [6, 6.07) is 8.72. The first-order chi connectivity index (χ1) is 10.2. The largest absolute Gasteiger partial charge is 0.319 e. The highest BCUT2D eigenvalue weighted by atomic mass is 79.9.